The van der Waals surface area contributed by atoms with Crippen LogP contribution in [0.5, 0.6) is 0 Å². The summed E-state index contributed by atoms with van der Waals surface area (Å²) < 4.78 is 2.35. The number of nitrogens with one attached hydrogen (secondary N) is 1. The van der Waals surface area contributed by atoms with Crippen molar-refractivity contribution in [2.45, 2.75) is 25.9 Å². The molecule has 0 amide bonds. The third kappa shape index (κ3) is 4.40. The van der Waals surface area contributed by atoms with Gasteiger partial charge in [0.25, 0.3) is 0 Å². The fraction of sp³-hybridized carbons (Fsp3) is 0.207. The van der Waals surface area contributed by atoms with Gasteiger partial charge in [0.2, 0.25) is 0 Å². The van der Waals surface area contributed by atoms with Crippen LogP contribution in [0.4, 0.5) is 11.5 Å². The van der Waals surface area contributed by atoms with Crippen molar-refractivity contribution in [3.05, 3.63) is 102 Å². The highest BCUT2D eigenvalue weighted by molar-refractivity contribution is 5.88. The Labute approximate surface area is 205 Å². The number of anilines is 2. The van der Waals surface area contributed by atoms with E-state index in [1.807, 2.05) is 43.3 Å². The molecule has 2 aromatic heterocycles. The first kappa shape index (κ1) is 21.5. The Kier molecular flexibility index (Phi) is 5.72. The van der Waals surface area contributed by atoms with E-state index in [9.17, 15) is 0 Å². The van der Waals surface area contributed by atoms with E-state index in [1.54, 1.807) is 0 Å². The van der Waals surface area contributed by atoms with E-state index in [-0.39, 0.29) is 6.04 Å². The van der Waals surface area contributed by atoms with Gasteiger partial charge < -0.3 is 9.88 Å². The minimum atomic E-state index is 0.290. The average molecular weight is 461 g/mol. The van der Waals surface area contributed by atoms with Crippen molar-refractivity contribution in [3.63, 3.8) is 0 Å². The zero-order chi connectivity index (χ0) is 23.6. The minimum absolute atomic E-state index is 0.290. The highest BCUT2D eigenvalue weighted by Gasteiger charge is 2.29. The van der Waals surface area contributed by atoms with Gasteiger partial charge in [-0.3, -0.25) is 4.90 Å². The number of nitrogens with zero attached hydrogens (tertiary/aromatic N) is 5. The van der Waals surface area contributed by atoms with Crippen molar-refractivity contribution in [1.29, 1.82) is 0 Å². The van der Waals surface area contributed by atoms with Crippen LogP contribution in [0.15, 0.2) is 91.0 Å². The second-order valence-electron chi connectivity index (χ2n) is 9.12. The Morgan fingerprint density at radius 1 is 0.829 bits per heavy atom. The lowest BCUT2D eigenvalue weighted by molar-refractivity contribution is 0.317. The van der Waals surface area contributed by atoms with Crippen LogP contribution in [0.2, 0.25) is 0 Å². The normalized spacial score (nSPS) is 16.1. The van der Waals surface area contributed by atoms with E-state index in [4.69, 9.17) is 15.0 Å². The number of aromatic nitrogens is 4. The van der Waals surface area contributed by atoms with Crippen molar-refractivity contribution >= 4 is 22.7 Å². The molecule has 0 radical (unpaired) electrons. The molecule has 0 saturated carbocycles. The number of benzene rings is 3. The number of imidazole rings is 1. The number of rotatable bonds is 6. The molecule has 6 nitrogen and oxygen atoms in total. The molecular formula is C29H28N6. The average Bonchev–Trinajstić information content (AvgIpc) is 3.50. The number of aryl methyl sites for hydroxylation is 1. The first-order chi connectivity index (χ1) is 17.2. The fourth-order valence-electron chi connectivity index (χ4n) is 4.97. The predicted molar refractivity (Wildman–Crippen MR) is 141 cm³/mol. The van der Waals surface area contributed by atoms with Crippen LogP contribution in [-0.2, 0) is 6.54 Å². The minimum Gasteiger partial charge on any atom is -0.338 e. The van der Waals surface area contributed by atoms with Gasteiger partial charge in [0.1, 0.15) is 11.6 Å². The molecule has 0 bridgehead atoms. The lowest BCUT2D eigenvalue weighted by atomic mass is 10.2. The predicted octanol–water partition coefficient (Wildman–Crippen LogP) is 5.99. The summed E-state index contributed by atoms with van der Waals surface area (Å²) in [6.07, 6.45) is 1.06. The van der Waals surface area contributed by atoms with Crippen LogP contribution in [0, 0.1) is 6.92 Å². The van der Waals surface area contributed by atoms with Crippen LogP contribution in [0.25, 0.3) is 22.6 Å². The van der Waals surface area contributed by atoms with E-state index in [0.717, 1.165) is 65.9 Å². The SMILES string of the molecule is Cc1nc(Nc2ccccc2)c2nc(-c3ccccc3)n(C3CCN(Cc4ccccc4)C3)c2n1. The molecule has 1 fully saturated rings. The molecule has 3 heterocycles. The second-order valence-corrected chi connectivity index (χ2v) is 9.12. The quantitative estimate of drug-likeness (QED) is 0.337. The third-order valence-corrected chi connectivity index (χ3v) is 6.58. The topological polar surface area (TPSA) is 58.9 Å². The molecule has 174 valence electrons. The molecule has 35 heavy (non-hydrogen) atoms. The zero-order valence-electron chi connectivity index (χ0n) is 19.8. The molecule has 6 heteroatoms. The first-order valence-electron chi connectivity index (χ1n) is 12.1. The second kappa shape index (κ2) is 9.31. The molecule has 5 aromatic rings. The molecule has 1 saturated heterocycles. The third-order valence-electron chi connectivity index (χ3n) is 6.58. The molecule has 1 unspecified atom stereocenters. The Bertz CT molecular complexity index is 1430. The van der Waals surface area contributed by atoms with E-state index >= 15 is 0 Å². The number of para-hydroxylation sites is 1. The van der Waals surface area contributed by atoms with Gasteiger partial charge >= 0.3 is 0 Å². The van der Waals surface area contributed by atoms with E-state index in [1.165, 1.54) is 5.56 Å². The van der Waals surface area contributed by atoms with Crippen LogP contribution in [0.1, 0.15) is 23.9 Å². The largest absolute Gasteiger partial charge is 0.338 e. The van der Waals surface area contributed by atoms with Crippen molar-refractivity contribution in [2.75, 3.05) is 18.4 Å². The number of likely N-dealkylation sites (tertiary alicyclic amines) is 1. The molecule has 1 N–H and O–H groups in total. The standard InChI is InChI=1S/C29H28N6/c1-21-30-27(32-24-15-9-4-10-16-24)26-29(31-21)35(28(33-26)23-13-7-3-8-14-23)25-17-18-34(20-25)19-22-11-5-2-6-12-22/h2-16,25H,17-20H2,1H3,(H,30,31,32). The fourth-order valence-corrected chi connectivity index (χ4v) is 4.97. The highest BCUT2D eigenvalue weighted by Crippen LogP contribution is 2.35. The van der Waals surface area contributed by atoms with Crippen molar-refractivity contribution in [3.8, 4) is 11.4 Å². The van der Waals surface area contributed by atoms with Crippen LogP contribution in [-0.4, -0.2) is 37.5 Å². The zero-order valence-corrected chi connectivity index (χ0v) is 19.8. The summed E-state index contributed by atoms with van der Waals surface area (Å²) in [7, 11) is 0. The molecule has 1 atom stereocenters. The van der Waals surface area contributed by atoms with Crippen molar-refractivity contribution < 1.29 is 0 Å². The van der Waals surface area contributed by atoms with Crippen molar-refractivity contribution in [2.24, 2.45) is 0 Å². The maximum atomic E-state index is 5.13. The van der Waals surface area contributed by atoms with Gasteiger partial charge in [-0.25, -0.2) is 15.0 Å². The first-order valence-corrected chi connectivity index (χ1v) is 12.1. The summed E-state index contributed by atoms with van der Waals surface area (Å²) in [5.74, 6) is 2.42. The summed E-state index contributed by atoms with van der Waals surface area (Å²) in [6, 6.07) is 31.5. The van der Waals surface area contributed by atoms with E-state index in [0.29, 0.717) is 0 Å². The summed E-state index contributed by atoms with van der Waals surface area (Å²) in [4.78, 5) is 17.3. The van der Waals surface area contributed by atoms with Gasteiger partial charge in [-0.2, -0.15) is 0 Å². The number of fused-ring (bicyclic) bond motifs is 1. The summed E-state index contributed by atoms with van der Waals surface area (Å²) in [5, 5.41) is 3.47. The lowest BCUT2D eigenvalue weighted by Gasteiger charge is -2.19. The van der Waals surface area contributed by atoms with Gasteiger partial charge in [0, 0.05) is 30.9 Å². The van der Waals surface area contributed by atoms with E-state index in [2.05, 4.69) is 69.4 Å². The lowest BCUT2D eigenvalue weighted by Crippen LogP contribution is -2.21. The maximum absolute atomic E-state index is 5.13. The summed E-state index contributed by atoms with van der Waals surface area (Å²) in [5.41, 5.74) is 5.12. The molecule has 0 aliphatic carbocycles. The molecular weight excluding hydrogens is 432 g/mol. The Hall–Kier alpha value is -4.03. The van der Waals surface area contributed by atoms with Gasteiger partial charge in [0.15, 0.2) is 17.0 Å². The van der Waals surface area contributed by atoms with Crippen LogP contribution >= 0.6 is 0 Å². The van der Waals surface area contributed by atoms with Gasteiger partial charge in [-0.15, -0.1) is 0 Å². The number of hydrogen-bond donors (Lipinski definition) is 1. The molecule has 1 aliphatic rings. The van der Waals surface area contributed by atoms with Crippen molar-refractivity contribution in [1.82, 2.24) is 24.4 Å². The summed E-state index contributed by atoms with van der Waals surface area (Å²) in [6.45, 7) is 4.92. The monoisotopic (exact) mass is 460 g/mol. The molecule has 3 aromatic carbocycles. The van der Waals surface area contributed by atoms with E-state index < -0.39 is 0 Å². The van der Waals surface area contributed by atoms with Gasteiger partial charge in [-0.05, 0) is 31.0 Å². The van der Waals surface area contributed by atoms with Gasteiger partial charge in [-0.1, -0.05) is 78.9 Å². The Balaban J connectivity index is 1.42. The van der Waals surface area contributed by atoms with Crippen LogP contribution in [0.3, 0.4) is 0 Å². The Morgan fingerprint density at radius 2 is 1.51 bits per heavy atom. The Morgan fingerprint density at radius 3 is 2.26 bits per heavy atom. The highest BCUT2D eigenvalue weighted by atomic mass is 15.3. The maximum Gasteiger partial charge on any atom is 0.166 e. The van der Waals surface area contributed by atoms with Crippen LogP contribution < -0.4 is 5.32 Å². The molecule has 1 aliphatic heterocycles. The molecule has 0 spiro atoms. The smallest absolute Gasteiger partial charge is 0.166 e. The van der Waals surface area contributed by atoms with Gasteiger partial charge in [0.05, 0.1) is 6.04 Å². The molecule has 6 rings (SSSR count). The number of hydrogen-bond acceptors (Lipinski definition) is 5. The summed E-state index contributed by atoms with van der Waals surface area (Å²) >= 11 is 0.